The summed E-state index contributed by atoms with van der Waals surface area (Å²) in [5, 5.41) is 0. The molecule has 1 aliphatic rings. The number of rotatable bonds is 4. The van der Waals surface area contributed by atoms with Crippen molar-refractivity contribution in [3.63, 3.8) is 0 Å². The average molecular weight is 303 g/mol. The molecular weight excluding hydrogens is 284 g/mol. The monoisotopic (exact) mass is 302 g/mol. The lowest BCUT2D eigenvalue weighted by Gasteiger charge is -2.31. The fourth-order valence-corrected chi connectivity index (χ4v) is 3.42. The van der Waals surface area contributed by atoms with Gasteiger partial charge in [-0.15, -0.1) is 0 Å². The van der Waals surface area contributed by atoms with Crippen LogP contribution in [0.25, 0.3) is 0 Å². The van der Waals surface area contributed by atoms with E-state index < -0.39 is 9.05 Å². The van der Waals surface area contributed by atoms with E-state index in [1.165, 1.54) is 31.4 Å². The van der Waals surface area contributed by atoms with Crippen LogP contribution >= 0.6 is 10.7 Å². The van der Waals surface area contributed by atoms with Gasteiger partial charge in [0.15, 0.2) is 0 Å². The van der Waals surface area contributed by atoms with Crippen LogP contribution in [0.4, 0.5) is 0 Å². The zero-order chi connectivity index (χ0) is 13.9. The molecule has 3 nitrogen and oxygen atoms in total. The van der Waals surface area contributed by atoms with Crippen molar-refractivity contribution in [1.29, 1.82) is 0 Å². The third kappa shape index (κ3) is 3.86. The Bertz CT molecular complexity index is 510. The van der Waals surface area contributed by atoms with Gasteiger partial charge in [-0.1, -0.05) is 13.3 Å². The molecule has 106 valence electrons. The summed E-state index contributed by atoms with van der Waals surface area (Å²) < 4.78 is 28.3. The summed E-state index contributed by atoms with van der Waals surface area (Å²) in [4.78, 5) is 0.109. The quantitative estimate of drug-likeness (QED) is 0.791. The van der Waals surface area contributed by atoms with Crippen LogP contribution in [0.15, 0.2) is 29.2 Å². The second kappa shape index (κ2) is 6.14. The molecule has 0 spiro atoms. The van der Waals surface area contributed by atoms with Crippen molar-refractivity contribution in [1.82, 2.24) is 0 Å². The van der Waals surface area contributed by atoms with E-state index in [1.807, 2.05) is 0 Å². The average Bonchev–Trinajstić information content (AvgIpc) is 2.39. The molecule has 1 fully saturated rings. The van der Waals surface area contributed by atoms with Crippen LogP contribution in [0, 0.1) is 5.92 Å². The third-order valence-electron chi connectivity index (χ3n) is 3.76. The highest BCUT2D eigenvalue weighted by Gasteiger charge is 2.25. The van der Waals surface area contributed by atoms with Crippen LogP contribution in [-0.2, 0) is 9.05 Å². The lowest BCUT2D eigenvalue weighted by atomic mass is 9.85. The van der Waals surface area contributed by atoms with E-state index in [9.17, 15) is 8.42 Å². The molecule has 0 aromatic heterocycles. The molecule has 5 heteroatoms. The van der Waals surface area contributed by atoms with Gasteiger partial charge in [0.1, 0.15) is 11.9 Å². The summed E-state index contributed by atoms with van der Waals surface area (Å²) in [5.74, 6) is 1.32. The van der Waals surface area contributed by atoms with Crippen molar-refractivity contribution in [3.8, 4) is 5.75 Å². The molecular formula is C14H19ClO3S. The van der Waals surface area contributed by atoms with Crippen LogP contribution in [0.5, 0.6) is 5.75 Å². The summed E-state index contributed by atoms with van der Waals surface area (Å²) in [6.07, 6.45) is 6.15. The van der Waals surface area contributed by atoms with Crippen molar-refractivity contribution < 1.29 is 13.2 Å². The van der Waals surface area contributed by atoms with E-state index in [4.69, 9.17) is 15.4 Å². The number of hydrogen-bond acceptors (Lipinski definition) is 3. The fraction of sp³-hybridized carbons (Fsp3) is 0.571. The van der Waals surface area contributed by atoms with Crippen molar-refractivity contribution in [2.45, 2.75) is 50.0 Å². The zero-order valence-corrected chi connectivity index (χ0v) is 12.6. The highest BCUT2D eigenvalue weighted by Crippen LogP contribution is 2.30. The van der Waals surface area contributed by atoms with Gasteiger partial charge in [0, 0.05) is 10.7 Å². The molecule has 1 aliphatic carbocycles. The molecule has 19 heavy (non-hydrogen) atoms. The summed E-state index contributed by atoms with van der Waals surface area (Å²) in [5.41, 5.74) is 0. The molecule has 0 saturated heterocycles. The second-order valence-electron chi connectivity index (χ2n) is 5.02. The van der Waals surface area contributed by atoms with Crippen molar-refractivity contribution in [2.24, 2.45) is 5.92 Å². The van der Waals surface area contributed by atoms with Gasteiger partial charge in [-0.2, -0.15) is 0 Å². The van der Waals surface area contributed by atoms with Crippen molar-refractivity contribution in [2.75, 3.05) is 0 Å². The van der Waals surface area contributed by atoms with E-state index in [1.54, 1.807) is 12.1 Å². The van der Waals surface area contributed by atoms with Gasteiger partial charge in [0.2, 0.25) is 0 Å². The summed E-state index contributed by atoms with van der Waals surface area (Å²) in [6, 6.07) is 6.33. The molecule has 1 aromatic carbocycles. The van der Waals surface area contributed by atoms with Gasteiger partial charge in [0.25, 0.3) is 9.05 Å². The first-order valence-electron chi connectivity index (χ1n) is 6.72. The summed E-state index contributed by atoms with van der Waals surface area (Å²) >= 11 is 0. The molecule has 0 N–H and O–H groups in total. The van der Waals surface area contributed by atoms with E-state index in [-0.39, 0.29) is 11.0 Å². The predicted molar refractivity (Wildman–Crippen MR) is 76.1 cm³/mol. The first kappa shape index (κ1) is 14.7. The third-order valence-corrected chi connectivity index (χ3v) is 5.13. The Morgan fingerprint density at radius 1 is 1.21 bits per heavy atom. The Hall–Kier alpha value is -0.740. The Balaban J connectivity index is 2.06. The second-order valence-corrected chi connectivity index (χ2v) is 7.58. The van der Waals surface area contributed by atoms with E-state index in [0.717, 1.165) is 18.6 Å². The summed E-state index contributed by atoms with van der Waals surface area (Å²) in [7, 11) is 1.63. The highest BCUT2D eigenvalue weighted by molar-refractivity contribution is 8.13. The maximum absolute atomic E-state index is 11.2. The first-order valence-corrected chi connectivity index (χ1v) is 9.03. The molecule has 1 aromatic rings. The largest absolute Gasteiger partial charge is 0.490 e. The smallest absolute Gasteiger partial charge is 0.261 e. The Morgan fingerprint density at radius 3 is 2.42 bits per heavy atom. The minimum atomic E-state index is -3.65. The lowest BCUT2D eigenvalue weighted by Crippen LogP contribution is -2.29. The van der Waals surface area contributed by atoms with E-state index >= 15 is 0 Å². The predicted octanol–water partition coefficient (Wildman–Crippen LogP) is 3.96. The standard InChI is InChI=1S/C14H19ClO3S/c1-2-11-5-3-4-6-14(11)18-12-7-9-13(10-8-12)19(15,16)17/h7-11,14H,2-6H2,1H3. The van der Waals surface area contributed by atoms with Gasteiger partial charge < -0.3 is 4.74 Å². The molecule has 2 atom stereocenters. The van der Waals surface area contributed by atoms with Gasteiger partial charge in [-0.3, -0.25) is 0 Å². The van der Waals surface area contributed by atoms with Gasteiger partial charge in [0.05, 0.1) is 4.90 Å². The Labute approximate surface area is 119 Å². The van der Waals surface area contributed by atoms with Crippen LogP contribution < -0.4 is 4.74 Å². The maximum Gasteiger partial charge on any atom is 0.261 e. The topological polar surface area (TPSA) is 43.4 Å². The molecule has 2 rings (SSSR count). The lowest BCUT2D eigenvalue weighted by molar-refractivity contribution is 0.0903. The van der Waals surface area contributed by atoms with Crippen LogP contribution in [0.1, 0.15) is 39.0 Å². The van der Waals surface area contributed by atoms with E-state index in [0.29, 0.717) is 5.92 Å². The van der Waals surface area contributed by atoms with Gasteiger partial charge >= 0.3 is 0 Å². The molecule has 0 radical (unpaired) electrons. The molecule has 0 aliphatic heterocycles. The Morgan fingerprint density at radius 2 is 1.84 bits per heavy atom. The van der Waals surface area contributed by atoms with Crippen LogP contribution in [-0.4, -0.2) is 14.5 Å². The molecule has 1 saturated carbocycles. The first-order chi connectivity index (χ1) is 9.00. The molecule has 2 unspecified atom stereocenters. The van der Waals surface area contributed by atoms with Crippen LogP contribution in [0.3, 0.4) is 0 Å². The fourth-order valence-electron chi connectivity index (χ4n) is 2.65. The highest BCUT2D eigenvalue weighted by atomic mass is 35.7. The van der Waals surface area contributed by atoms with Gasteiger partial charge in [-0.25, -0.2) is 8.42 Å². The number of ether oxygens (including phenoxy) is 1. The minimum absolute atomic E-state index is 0.109. The normalized spacial score (nSPS) is 24.1. The molecule has 0 heterocycles. The number of benzene rings is 1. The van der Waals surface area contributed by atoms with Gasteiger partial charge in [-0.05, 0) is 55.9 Å². The zero-order valence-electron chi connectivity index (χ0n) is 11.0. The molecule has 0 bridgehead atoms. The molecule has 0 amide bonds. The number of halogens is 1. The summed E-state index contributed by atoms with van der Waals surface area (Å²) in [6.45, 7) is 2.19. The van der Waals surface area contributed by atoms with Crippen molar-refractivity contribution in [3.05, 3.63) is 24.3 Å². The SMILES string of the molecule is CCC1CCCCC1Oc1ccc(S(=O)(=O)Cl)cc1. The van der Waals surface area contributed by atoms with E-state index in [2.05, 4.69) is 6.92 Å². The maximum atomic E-state index is 11.2. The van der Waals surface area contributed by atoms with Crippen molar-refractivity contribution >= 4 is 19.7 Å². The number of hydrogen-bond donors (Lipinski definition) is 0. The Kier molecular flexibility index (Phi) is 4.74. The minimum Gasteiger partial charge on any atom is -0.490 e. The van der Waals surface area contributed by atoms with Crippen LogP contribution in [0.2, 0.25) is 0 Å².